The van der Waals surface area contributed by atoms with Crippen molar-refractivity contribution in [3.05, 3.63) is 36.4 Å². The van der Waals surface area contributed by atoms with Gasteiger partial charge in [-0.1, -0.05) is 31.9 Å². The second kappa shape index (κ2) is 6.99. The number of nitrogens with zero attached hydrogens (tertiary/aromatic N) is 1. The molecule has 1 aromatic carbocycles. The van der Waals surface area contributed by atoms with Crippen molar-refractivity contribution >= 4 is 17.5 Å². The van der Waals surface area contributed by atoms with Gasteiger partial charge in [0.05, 0.1) is 24.1 Å². The summed E-state index contributed by atoms with van der Waals surface area (Å²) in [5.41, 5.74) is 0.648. The zero-order valence-electron chi connectivity index (χ0n) is 13.5. The molecule has 4 heteroatoms. The number of carbonyl (C=O) groups excluding carboxylic acids is 2. The van der Waals surface area contributed by atoms with Crippen molar-refractivity contribution in [2.45, 2.75) is 39.0 Å². The number of ether oxygens (including phenoxy) is 1. The summed E-state index contributed by atoms with van der Waals surface area (Å²) in [7, 11) is 0. The third-order valence-corrected chi connectivity index (χ3v) is 4.62. The van der Waals surface area contributed by atoms with Crippen LogP contribution in [0.1, 0.15) is 39.0 Å². The number of imide groups is 1. The van der Waals surface area contributed by atoms with Crippen LogP contribution in [0.3, 0.4) is 0 Å². The van der Waals surface area contributed by atoms with E-state index in [9.17, 15) is 9.59 Å². The van der Waals surface area contributed by atoms with Gasteiger partial charge in [0, 0.05) is 0 Å². The minimum absolute atomic E-state index is 0.0686. The first-order valence-corrected chi connectivity index (χ1v) is 8.48. The lowest BCUT2D eigenvalue weighted by Gasteiger charge is -2.15. The molecule has 1 saturated heterocycles. The van der Waals surface area contributed by atoms with Crippen molar-refractivity contribution in [2.75, 3.05) is 11.5 Å². The van der Waals surface area contributed by atoms with E-state index in [1.165, 1.54) is 11.3 Å². The molecule has 1 fully saturated rings. The lowest BCUT2D eigenvalue weighted by Crippen LogP contribution is -2.30. The average molecular weight is 313 g/mol. The molecule has 0 N–H and O–H groups in total. The van der Waals surface area contributed by atoms with E-state index in [0.717, 1.165) is 18.6 Å². The molecule has 122 valence electrons. The van der Waals surface area contributed by atoms with Gasteiger partial charge in [-0.25, -0.2) is 0 Å². The Balaban J connectivity index is 1.67. The molecule has 1 aliphatic heterocycles. The Bertz CT molecular complexity index is 580. The number of hydrogen-bond donors (Lipinski definition) is 0. The molecular weight excluding hydrogens is 290 g/mol. The minimum atomic E-state index is -0.183. The quantitative estimate of drug-likeness (QED) is 0.457. The van der Waals surface area contributed by atoms with Crippen LogP contribution in [-0.2, 0) is 9.59 Å². The van der Waals surface area contributed by atoms with Gasteiger partial charge in [0.1, 0.15) is 5.75 Å². The number of allylic oxidation sites excluding steroid dienone is 2. The van der Waals surface area contributed by atoms with E-state index < -0.39 is 0 Å². The largest absolute Gasteiger partial charge is 0.494 e. The highest BCUT2D eigenvalue weighted by Gasteiger charge is 2.47. The Kier molecular flexibility index (Phi) is 4.79. The third kappa shape index (κ3) is 3.16. The Morgan fingerprint density at radius 3 is 2.17 bits per heavy atom. The molecule has 0 radical (unpaired) electrons. The van der Waals surface area contributed by atoms with Crippen molar-refractivity contribution in [1.82, 2.24) is 0 Å². The van der Waals surface area contributed by atoms with Crippen molar-refractivity contribution in [3.63, 3.8) is 0 Å². The maximum absolute atomic E-state index is 12.5. The van der Waals surface area contributed by atoms with Gasteiger partial charge >= 0.3 is 0 Å². The normalized spacial score (nSPS) is 23.3. The van der Waals surface area contributed by atoms with Crippen molar-refractivity contribution < 1.29 is 14.3 Å². The second-order valence-electron chi connectivity index (χ2n) is 6.22. The summed E-state index contributed by atoms with van der Waals surface area (Å²) in [6.45, 7) is 2.86. The van der Waals surface area contributed by atoms with Crippen LogP contribution >= 0.6 is 0 Å². The zero-order valence-corrected chi connectivity index (χ0v) is 13.5. The van der Waals surface area contributed by atoms with Gasteiger partial charge in [0.25, 0.3) is 0 Å². The Morgan fingerprint density at radius 1 is 1.00 bits per heavy atom. The van der Waals surface area contributed by atoms with E-state index in [0.29, 0.717) is 25.1 Å². The molecule has 1 aromatic rings. The number of fused-ring (bicyclic) bond motifs is 1. The van der Waals surface area contributed by atoms with Gasteiger partial charge in [-0.15, -0.1) is 0 Å². The van der Waals surface area contributed by atoms with Crippen LogP contribution in [0, 0.1) is 11.8 Å². The number of anilines is 1. The SMILES string of the molecule is CCCCCOc1ccc(N2C(=O)[C@@H]3CC=CC[C@H]3C2=O)cc1. The fourth-order valence-corrected chi connectivity index (χ4v) is 3.29. The Hall–Kier alpha value is -2.10. The summed E-state index contributed by atoms with van der Waals surface area (Å²) >= 11 is 0. The highest BCUT2D eigenvalue weighted by molar-refractivity contribution is 6.22. The number of rotatable bonds is 6. The maximum atomic E-state index is 12.5. The summed E-state index contributed by atoms with van der Waals surface area (Å²) in [4.78, 5) is 26.4. The number of amides is 2. The van der Waals surface area contributed by atoms with Crippen LogP contribution < -0.4 is 9.64 Å². The van der Waals surface area contributed by atoms with Gasteiger partial charge < -0.3 is 4.74 Å². The summed E-state index contributed by atoms with van der Waals surface area (Å²) in [6, 6.07) is 7.27. The van der Waals surface area contributed by atoms with Crippen LogP contribution in [0.15, 0.2) is 36.4 Å². The van der Waals surface area contributed by atoms with E-state index in [1.807, 2.05) is 24.3 Å². The molecule has 1 heterocycles. The minimum Gasteiger partial charge on any atom is -0.494 e. The Morgan fingerprint density at radius 2 is 1.61 bits per heavy atom. The molecule has 0 aromatic heterocycles. The van der Waals surface area contributed by atoms with Crippen molar-refractivity contribution in [3.8, 4) is 5.75 Å². The summed E-state index contributed by atoms with van der Waals surface area (Å²) < 4.78 is 5.68. The average Bonchev–Trinajstić information content (AvgIpc) is 2.84. The van der Waals surface area contributed by atoms with Crippen LogP contribution in [0.2, 0.25) is 0 Å². The predicted octanol–water partition coefficient (Wildman–Crippen LogP) is 3.71. The van der Waals surface area contributed by atoms with Crippen LogP contribution in [0.5, 0.6) is 5.75 Å². The predicted molar refractivity (Wildman–Crippen MR) is 89.3 cm³/mol. The summed E-state index contributed by atoms with van der Waals surface area (Å²) in [5, 5.41) is 0. The maximum Gasteiger partial charge on any atom is 0.238 e. The monoisotopic (exact) mass is 313 g/mol. The molecule has 0 bridgehead atoms. The van der Waals surface area contributed by atoms with Gasteiger partial charge in [0.2, 0.25) is 11.8 Å². The molecule has 2 aliphatic rings. The lowest BCUT2D eigenvalue weighted by molar-refractivity contribution is -0.122. The molecule has 3 rings (SSSR count). The number of hydrogen-bond acceptors (Lipinski definition) is 3. The lowest BCUT2D eigenvalue weighted by atomic mass is 9.85. The first-order chi connectivity index (χ1) is 11.2. The number of benzene rings is 1. The van der Waals surface area contributed by atoms with E-state index in [1.54, 1.807) is 12.1 Å². The molecule has 23 heavy (non-hydrogen) atoms. The fourth-order valence-electron chi connectivity index (χ4n) is 3.29. The van der Waals surface area contributed by atoms with E-state index in [2.05, 4.69) is 6.92 Å². The van der Waals surface area contributed by atoms with Gasteiger partial charge in [-0.2, -0.15) is 0 Å². The van der Waals surface area contributed by atoms with E-state index in [4.69, 9.17) is 4.74 Å². The first kappa shape index (κ1) is 15.8. The molecule has 2 amide bonds. The number of carbonyl (C=O) groups is 2. The van der Waals surface area contributed by atoms with Gasteiger partial charge in [0.15, 0.2) is 0 Å². The summed E-state index contributed by atoms with van der Waals surface area (Å²) in [5.74, 6) is 0.278. The Labute approximate surface area is 137 Å². The van der Waals surface area contributed by atoms with Gasteiger partial charge in [-0.3, -0.25) is 14.5 Å². The zero-order chi connectivity index (χ0) is 16.2. The fraction of sp³-hybridized carbons (Fsp3) is 0.474. The molecule has 2 atom stereocenters. The van der Waals surface area contributed by atoms with Crippen LogP contribution in [0.4, 0.5) is 5.69 Å². The molecule has 0 saturated carbocycles. The second-order valence-corrected chi connectivity index (χ2v) is 6.22. The smallest absolute Gasteiger partial charge is 0.238 e. The van der Waals surface area contributed by atoms with Crippen molar-refractivity contribution in [2.24, 2.45) is 11.8 Å². The van der Waals surface area contributed by atoms with Crippen molar-refractivity contribution in [1.29, 1.82) is 0 Å². The highest BCUT2D eigenvalue weighted by Crippen LogP contribution is 2.37. The standard InChI is InChI=1S/C19H23NO3/c1-2-3-6-13-23-15-11-9-14(10-12-15)20-18(21)16-7-4-5-8-17(16)19(20)22/h4-5,9-12,16-17H,2-3,6-8,13H2,1H3/t16-,17-/m1/s1. The summed E-state index contributed by atoms with van der Waals surface area (Å²) in [6.07, 6.45) is 8.71. The van der Waals surface area contributed by atoms with Crippen LogP contribution in [-0.4, -0.2) is 18.4 Å². The number of unbranched alkanes of at least 4 members (excludes halogenated alkanes) is 2. The van der Waals surface area contributed by atoms with E-state index >= 15 is 0 Å². The van der Waals surface area contributed by atoms with Crippen LogP contribution in [0.25, 0.3) is 0 Å². The molecule has 1 aliphatic carbocycles. The third-order valence-electron chi connectivity index (χ3n) is 4.62. The molecule has 0 unspecified atom stereocenters. The van der Waals surface area contributed by atoms with Gasteiger partial charge in [-0.05, 0) is 43.5 Å². The molecule has 0 spiro atoms. The molecule has 4 nitrogen and oxygen atoms in total. The van der Waals surface area contributed by atoms with E-state index in [-0.39, 0.29) is 23.7 Å². The highest BCUT2D eigenvalue weighted by atomic mass is 16.5. The first-order valence-electron chi connectivity index (χ1n) is 8.48. The molecular formula is C19H23NO3. The topological polar surface area (TPSA) is 46.6 Å².